The van der Waals surface area contributed by atoms with Gasteiger partial charge in [-0.05, 0) is 30.7 Å². The normalized spacial score (nSPS) is 10.5. The number of nitrogens with zero attached hydrogens (tertiary/aromatic N) is 4. The van der Waals surface area contributed by atoms with Crippen molar-refractivity contribution in [1.82, 2.24) is 15.0 Å². The van der Waals surface area contributed by atoms with Gasteiger partial charge in [0.2, 0.25) is 5.95 Å². The van der Waals surface area contributed by atoms with Crippen LogP contribution in [0.3, 0.4) is 0 Å². The molecule has 1 aromatic carbocycles. The van der Waals surface area contributed by atoms with Gasteiger partial charge in [-0.1, -0.05) is 6.07 Å². The van der Waals surface area contributed by atoms with Gasteiger partial charge in [-0.15, -0.1) is 0 Å². The molecule has 0 fully saturated rings. The minimum Gasteiger partial charge on any atom is -0.396 e. The molecular weight excluding hydrogens is 367 g/mol. The molecule has 0 bridgehead atoms. The molecular formula is C18H17FN6O3. The van der Waals surface area contributed by atoms with E-state index in [1.165, 1.54) is 6.07 Å². The molecule has 0 spiro atoms. The average molecular weight is 384 g/mol. The zero-order valence-corrected chi connectivity index (χ0v) is 14.7. The van der Waals surface area contributed by atoms with Crippen molar-refractivity contribution in [2.75, 3.05) is 23.8 Å². The Balaban J connectivity index is 1.98. The highest BCUT2D eigenvalue weighted by molar-refractivity contribution is 5.70. The third kappa shape index (κ3) is 4.74. The molecule has 10 heteroatoms. The number of hydrogen-bond donors (Lipinski definition) is 3. The third-order valence-corrected chi connectivity index (χ3v) is 3.69. The molecule has 0 aliphatic heterocycles. The number of nitro benzene ring substituents is 1. The summed E-state index contributed by atoms with van der Waals surface area (Å²) in [6.07, 6.45) is 2.12. The van der Waals surface area contributed by atoms with Gasteiger partial charge in [0.05, 0.1) is 22.4 Å². The standard InChI is InChI=1S/C18H17FN6O3/c19-12-5-6-14(16(10-12)25(27)28)22-17-11-15(13-4-1-2-7-20-13)23-18(24-17)21-8-3-9-26/h1-2,4-7,10-11,26H,3,8-9H2,(H2,21,22,23,24). The summed E-state index contributed by atoms with van der Waals surface area (Å²) in [5.74, 6) is -0.166. The zero-order chi connectivity index (χ0) is 19.9. The highest BCUT2D eigenvalue weighted by atomic mass is 19.1. The lowest BCUT2D eigenvalue weighted by atomic mass is 10.2. The van der Waals surface area contributed by atoms with Crippen molar-refractivity contribution >= 4 is 23.1 Å². The molecule has 144 valence electrons. The molecule has 0 unspecified atom stereocenters. The van der Waals surface area contributed by atoms with Crippen LogP contribution in [0.5, 0.6) is 0 Å². The van der Waals surface area contributed by atoms with E-state index in [9.17, 15) is 14.5 Å². The highest BCUT2D eigenvalue weighted by Gasteiger charge is 2.16. The van der Waals surface area contributed by atoms with E-state index in [0.717, 1.165) is 12.1 Å². The van der Waals surface area contributed by atoms with E-state index in [0.29, 0.717) is 24.4 Å². The summed E-state index contributed by atoms with van der Waals surface area (Å²) in [7, 11) is 0. The summed E-state index contributed by atoms with van der Waals surface area (Å²) >= 11 is 0. The number of halogens is 1. The lowest BCUT2D eigenvalue weighted by molar-refractivity contribution is -0.384. The first-order valence-electron chi connectivity index (χ1n) is 8.43. The first-order valence-corrected chi connectivity index (χ1v) is 8.43. The number of pyridine rings is 1. The van der Waals surface area contributed by atoms with Gasteiger partial charge >= 0.3 is 0 Å². The molecule has 0 saturated carbocycles. The van der Waals surface area contributed by atoms with Crippen LogP contribution in [0.2, 0.25) is 0 Å². The van der Waals surface area contributed by atoms with Crippen LogP contribution >= 0.6 is 0 Å². The average Bonchev–Trinajstić information content (AvgIpc) is 2.70. The van der Waals surface area contributed by atoms with Gasteiger partial charge in [0.15, 0.2) is 0 Å². The topological polar surface area (TPSA) is 126 Å². The monoisotopic (exact) mass is 384 g/mol. The molecule has 3 N–H and O–H groups in total. The summed E-state index contributed by atoms with van der Waals surface area (Å²) in [5, 5.41) is 26.0. The summed E-state index contributed by atoms with van der Waals surface area (Å²) in [6.45, 7) is 0.456. The Kier molecular flexibility index (Phi) is 6.02. The Morgan fingerprint density at radius 3 is 2.71 bits per heavy atom. The van der Waals surface area contributed by atoms with E-state index >= 15 is 0 Å². The van der Waals surface area contributed by atoms with Crippen LogP contribution in [0.25, 0.3) is 11.4 Å². The van der Waals surface area contributed by atoms with Gasteiger partial charge < -0.3 is 15.7 Å². The third-order valence-electron chi connectivity index (χ3n) is 3.69. The number of nitro groups is 1. The number of aliphatic hydroxyl groups is 1. The smallest absolute Gasteiger partial charge is 0.295 e. The Morgan fingerprint density at radius 2 is 2.00 bits per heavy atom. The predicted octanol–water partition coefficient (Wildman–Crippen LogP) is 3.12. The lowest BCUT2D eigenvalue weighted by Crippen LogP contribution is -2.09. The Labute approximate surface area is 159 Å². The fourth-order valence-corrected chi connectivity index (χ4v) is 2.41. The number of anilines is 3. The van der Waals surface area contributed by atoms with Gasteiger partial charge in [-0.3, -0.25) is 15.1 Å². The van der Waals surface area contributed by atoms with E-state index in [1.54, 1.807) is 30.5 Å². The molecule has 3 rings (SSSR count). The number of rotatable bonds is 8. The van der Waals surface area contributed by atoms with Gasteiger partial charge in [-0.2, -0.15) is 4.98 Å². The van der Waals surface area contributed by atoms with E-state index in [-0.39, 0.29) is 24.1 Å². The van der Waals surface area contributed by atoms with Crippen LogP contribution in [0.4, 0.5) is 27.5 Å². The molecule has 0 aliphatic rings. The summed E-state index contributed by atoms with van der Waals surface area (Å²) in [6, 6.07) is 10.2. The van der Waals surface area contributed by atoms with E-state index in [1.807, 2.05) is 0 Å². The first-order chi connectivity index (χ1) is 13.6. The lowest BCUT2D eigenvalue weighted by Gasteiger charge is -2.11. The van der Waals surface area contributed by atoms with Crippen molar-refractivity contribution in [3.63, 3.8) is 0 Å². The van der Waals surface area contributed by atoms with Crippen molar-refractivity contribution in [3.05, 3.63) is 64.6 Å². The molecule has 9 nitrogen and oxygen atoms in total. The van der Waals surface area contributed by atoms with Gasteiger partial charge in [0.25, 0.3) is 5.69 Å². The van der Waals surface area contributed by atoms with Crippen LogP contribution in [0.1, 0.15) is 6.42 Å². The van der Waals surface area contributed by atoms with Crippen molar-refractivity contribution in [1.29, 1.82) is 0 Å². The number of hydrogen-bond acceptors (Lipinski definition) is 8. The van der Waals surface area contributed by atoms with Crippen molar-refractivity contribution in [2.24, 2.45) is 0 Å². The minimum absolute atomic E-state index is 0.0137. The molecule has 0 atom stereocenters. The summed E-state index contributed by atoms with van der Waals surface area (Å²) in [4.78, 5) is 23.5. The second-order valence-corrected chi connectivity index (χ2v) is 5.72. The first kappa shape index (κ1) is 19.1. The van der Waals surface area contributed by atoms with E-state index < -0.39 is 16.4 Å². The van der Waals surface area contributed by atoms with Crippen LogP contribution < -0.4 is 10.6 Å². The Morgan fingerprint density at radius 1 is 1.14 bits per heavy atom. The number of benzene rings is 1. The Hall–Kier alpha value is -3.66. The molecule has 2 heterocycles. The Bertz CT molecular complexity index is 971. The van der Waals surface area contributed by atoms with Crippen LogP contribution in [0, 0.1) is 15.9 Å². The van der Waals surface area contributed by atoms with E-state index in [4.69, 9.17) is 5.11 Å². The molecule has 0 amide bonds. The van der Waals surface area contributed by atoms with Gasteiger partial charge in [0.1, 0.15) is 17.3 Å². The number of aromatic nitrogens is 3. The quantitative estimate of drug-likeness (QED) is 0.307. The summed E-state index contributed by atoms with van der Waals surface area (Å²) < 4.78 is 13.4. The fourth-order valence-electron chi connectivity index (χ4n) is 2.41. The molecule has 0 radical (unpaired) electrons. The largest absolute Gasteiger partial charge is 0.396 e. The maximum atomic E-state index is 13.4. The van der Waals surface area contributed by atoms with Gasteiger partial charge in [-0.25, -0.2) is 9.37 Å². The molecule has 0 saturated heterocycles. The van der Waals surface area contributed by atoms with Crippen LogP contribution in [-0.2, 0) is 0 Å². The SMILES string of the molecule is O=[N+]([O-])c1cc(F)ccc1Nc1cc(-c2ccccn2)nc(NCCCO)n1. The maximum Gasteiger partial charge on any atom is 0.295 e. The van der Waals surface area contributed by atoms with E-state index in [2.05, 4.69) is 25.6 Å². The summed E-state index contributed by atoms with van der Waals surface area (Å²) in [5.41, 5.74) is 0.771. The molecule has 0 aliphatic carbocycles. The van der Waals surface area contributed by atoms with Crippen molar-refractivity contribution < 1.29 is 14.4 Å². The van der Waals surface area contributed by atoms with Crippen molar-refractivity contribution in [2.45, 2.75) is 6.42 Å². The molecule has 28 heavy (non-hydrogen) atoms. The molecule has 3 aromatic rings. The zero-order valence-electron chi connectivity index (χ0n) is 14.7. The second kappa shape index (κ2) is 8.82. The van der Waals surface area contributed by atoms with Crippen LogP contribution in [0.15, 0.2) is 48.7 Å². The van der Waals surface area contributed by atoms with Crippen molar-refractivity contribution in [3.8, 4) is 11.4 Å². The fraction of sp³-hybridized carbons (Fsp3) is 0.167. The number of aliphatic hydroxyl groups excluding tert-OH is 1. The van der Waals surface area contributed by atoms with Gasteiger partial charge in [0, 0.05) is 25.4 Å². The molecule has 2 aromatic heterocycles. The highest BCUT2D eigenvalue weighted by Crippen LogP contribution is 2.29. The van der Waals surface area contributed by atoms with Crippen LogP contribution in [-0.4, -0.2) is 38.1 Å². The minimum atomic E-state index is -0.708. The number of nitrogens with one attached hydrogen (secondary N) is 2. The predicted molar refractivity (Wildman–Crippen MR) is 102 cm³/mol. The maximum absolute atomic E-state index is 13.4. The second-order valence-electron chi connectivity index (χ2n) is 5.72.